The number of fused-ring (bicyclic) bond motifs is 1. The minimum absolute atomic E-state index is 0.0289. The maximum Gasteiger partial charge on any atom is 0.410 e. The third-order valence-electron chi connectivity index (χ3n) is 5.33. The van der Waals surface area contributed by atoms with Crippen molar-refractivity contribution in [3.63, 3.8) is 0 Å². The van der Waals surface area contributed by atoms with E-state index in [9.17, 15) is 9.59 Å². The standard InChI is InChI=1S/C22H30Cl2N2O6/c1-22(2,3)32-21(28)26-7-6-13(16(12-26)29-4)11-25-20(27)14-10-15(23)17(24)19-18(14)30-8-5-9-31-19/h10,13,16H,5-9,11-12H2,1-4H3,(H,25,27)/t13-,16?/m0/s1. The van der Waals surface area contributed by atoms with Crippen molar-refractivity contribution in [3.8, 4) is 11.5 Å². The molecule has 1 aromatic rings. The Labute approximate surface area is 198 Å². The maximum absolute atomic E-state index is 13.0. The number of amides is 2. The molecule has 2 aliphatic heterocycles. The monoisotopic (exact) mass is 488 g/mol. The van der Waals surface area contributed by atoms with Gasteiger partial charge in [-0.15, -0.1) is 0 Å². The molecule has 0 saturated carbocycles. The van der Waals surface area contributed by atoms with Crippen molar-refractivity contribution >= 4 is 35.2 Å². The highest BCUT2D eigenvalue weighted by atomic mass is 35.5. The van der Waals surface area contributed by atoms with Gasteiger partial charge in [0.1, 0.15) is 10.6 Å². The Kier molecular flexibility index (Phi) is 8.01. The van der Waals surface area contributed by atoms with Crippen molar-refractivity contribution in [2.75, 3.05) is 40.0 Å². The summed E-state index contributed by atoms with van der Waals surface area (Å²) in [5, 5.41) is 3.40. The van der Waals surface area contributed by atoms with Gasteiger partial charge in [0, 0.05) is 32.5 Å². The molecule has 1 aromatic carbocycles. The quantitative estimate of drug-likeness (QED) is 0.684. The van der Waals surface area contributed by atoms with Crippen LogP contribution in [0.2, 0.25) is 10.0 Å². The number of nitrogens with one attached hydrogen (secondary N) is 1. The molecule has 2 heterocycles. The Bertz CT molecular complexity index is 858. The lowest BCUT2D eigenvalue weighted by molar-refractivity contribution is -0.0280. The molecular weight excluding hydrogens is 459 g/mol. The van der Waals surface area contributed by atoms with Crippen LogP contribution in [-0.2, 0) is 9.47 Å². The number of methoxy groups -OCH3 is 1. The Balaban J connectivity index is 1.65. The van der Waals surface area contributed by atoms with E-state index in [1.54, 1.807) is 12.0 Å². The number of piperidine rings is 1. The van der Waals surface area contributed by atoms with Gasteiger partial charge >= 0.3 is 6.09 Å². The summed E-state index contributed by atoms with van der Waals surface area (Å²) in [7, 11) is 1.60. The van der Waals surface area contributed by atoms with Crippen LogP contribution in [0.3, 0.4) is 0 Å². The second-order valence-electron chi connectivity index (χ2n) is 8.89. The van der Waals surface area contributed by atoms with Crippen molar-refractivity contribution in [3.05, 3.63) is 21.7 Å². The van der Waals surface area contributed by atoms with Gasteiger partial charge in [0.05, 0.1) is 36.4 Å². The van der Waals surface area contributed by atoms with Crippen LogP contribution >= 0.6 is 23.2 Å². The van der Waals surface area contributed by atoms with E-state index in [2.05, 4.69) is 5.32 Å². The number of benzene rings is 1. The van der Waals surface area contributed by atoms with Crippen molar-refractivity contribution in [2.45, 2.75) is 45.3 Å². The van der Waals surface area contributed by atoms with Gasteiger partial charge in [0.2, 0.25) is 0 Å². The molecule has 0 bridgehead atoms. The zero-order valence-electron chi connectivity index (χ0n) is 18.8. The normalized spacial score (nSPS) is 21.0. The first-order valence-electron chi connectivity index (χ1n) is 10.7. The molecule has 8 nitrogen and oxygen atoms in total. The Morgan fingerprint density at radius 1 is 1.22 bits per heavy atom. The molecule has 10 heteroatoms. The molecule has 0 spiro atoms. The minimum Gasteiger partial charge on any atom is -0.489 e. The number of hydrogen-bond acceptors (Lipinski definition) is 6. The molecule has 0 radical (unpaired) electrons. The molecule has 0 aromatic heterocycles. The van der Waals surface area contributed by atoms with Gasteiger partial charge in [-0.2, -0.15) is 0 Å². The van der Waals surface area contributed by atoms with Crippen LogP contribution in [0.25, 0.3) is 0 Å². The molecular formula is C22H30Cl2N2O6. The average molecular weight is 489 g/mol. The predicted molar refractivity (Wildman–Crippen MR) is 121 cm³/mol. The van der Waals surface area contributed by atoms with Gasteiger partial charge < -0.3 is 29.2 Å². The maximum atomic E-state index is 13.0. The number of carbonyl (C=O) groups is 2. The Hall–Kier alpha value is -1.90. The molecule has 2 atom stereocenters. The Morgan fingerprint density at radius 3 is 2.56 bits per heavy atom. The SMILES string of the molecule is COC1CN(C(=O)OC(C)(C)C)CC[C@H]1CNC(=O)c1cc(Cl)c(Cl)c2c1OCCCO2. The second kappa shape index (κ2) is 10.4. The van der Waals surface area contributed by atoms with E-state index in [4.69, 9.17) is 42.1 Å². The number of carbonyl (C=O) groups excluding carboxylic acids is 2. The summed E-state index contributed by atoms with van der Waals surface area (Å²) >= 11 is 12.5. The van der Waals surface area contributed by atoms with E-state index in [1.165, 1.54) is 6.07 Å². The van der Waals surface area contributed by atoms with Gasteiger partial charge in [-0.3, -0.25) is 4.79 Å². The fourth-order valence-corrected chi connectivity index (χ4v) is 4.10. The first kappa shape index (κ1) is 24.7. The van der Waals surface area contributed by atoms with E-state index >= 15 is 0 Å². The number of hydrogen-bond donors (Lipinski definition) is 1. The van der Waals surface area contributed by atoms with Crippen LogP contribution in [0.1, 0.15) is 44.0 Å². The summed E-state index contributed by atoms with van der Waals surface area (Å²) in [6, 6.07) is 1.49. The van der Waals surface area contributed by atoms with Crippen LogP contribution in [-0.4, -0.2) is 68.6 Å². The summed E-state index contributed by atoms with van der Waals surface area (Å²) < 4.78 is 22.5. The molecule has 1 N–H and O–H groups in total. The van der Waals surface area contributed by atoms with Crippen LogP contribution in [0.4, 0.5) is 4.79 Å². The van der Waals surface area contributed by atoms with Gasteiger partial charge in [-0.05, 0) is 33.3 Å². The van der Waals surface area contributed by atoms with Gasteiger partial charge in [0.25, 0.3) is 5.91 Å². The lowest BCUT2D eigenvalue weighted by atomic mass is 9.93. The van der Waals surface area contributed by atoms with Crippen LogP contribution < -0.4 is 14.8 Å². The highest BCUT2D eigenvalue weighted by Gasteiger charge is 2.34. The molecule has 0 aliphatic carbocycles. The first-order valence-corrected chi connectivity index (χ1v) is 11.4. The molecule has 1 saturated heterocycles. The lowest BCUT2D eigenvalue weighted by Crippen LogP contribution is -2.51. The van der Waals surface area contributed by atoms with Crippen molar-refractivity contribution in [1.29, 1.82) is 0 Å². The number of halogens is 2. The molecule has 2 amide bonds. The third kappa shape index (κ3) is 5.91. The van der Waals surface area contributed by atoms with Crippen LogP contribution in [0.5, 0.6) is 11.5 Å². The molecule has 178 valence electrons. The zero-order valence-corrected chi connectivity index (χ0v) is 20.3. The fourth-order valence-electron chi connectivity index (χ4n) is 3.71. The molecule has 1 unspecified atom stereocenters. The number of rotatable bonds is 4. The van der Waals surface area contributed by atoms with Crippen molar-refractivity contribution in [2.24, 2.45) is 5.92 Å². The first-order chi connectivity index (χ1) is 15.1. The number of nitrogens with zero attached hydrogens (tertiary/aromatic N) is 1. The van der Waals surface area contributed by atoms with E-state index in [0.717, 1.165) is 0 Å². The fraction of sp³-hybridized carbons (Fsp3) is 0.636. The Morgan fingerprint density at radius 2 is 1.91 bits per heavy atom. The lowest BCUT2D eigenvalue weighted by Gasteiger charge is -2.38. The predicted octanol–water partition coefficient (Wildman–Crippen LogP) is 4.16. The van der Waals surface area contributed by atoms with Gasteiger partial charge in [-0.25, -0.2) is 4.79 Å². The largest absolute Gasteiger partial charge is 0.489 e. The molecule has 2 aliphatic rings. The topological polar surface area (TPSA) is 86.3 Å². The summed E-state index contributed by atoms with van der Waals surface area (Å²) in [5.41, 5.74) is -0.287. The van der Waals surface area contributed by atoms with Crippen LogP contribution in [0, 0.1) is 5.92 Å². The van der Waals surface area contributed by atoms with E-state index in [-0.39, 0.29) is 39.6 Å². The van der Waals surface area contributed by atoms with Gasteiger partial charge in [0.15, 0.2) is 11.5 Å². The smallest absolute Gasteiger partial charge is 0.410 e. The zero-order chi connectivity index (χ0) is 23.5. The van der Waals surface area contributed by atoms with Crippen LogP contribution in [0.15, 0.2) is 6.07 Å². The van der Waals surface area contributed by atoms with Crippen molar-refractivity contribution in [1.82, 2.24) is 10.2 Å². The number of ether oxygens (including phenoxy) is 4. The summed E-state index contributed by atoms with van der Waals surface area (Å²) in [5.74, 6) is 0.288. The molecule has 32 heavy (non-hydrogen) atoms. The highest BCUT2D eigenvalue weighted by molar-refractivity contribution is 6.43. The van der Waals surface area contributed by atoms with E-state index in [1.807, 2.05) is 20.8 Å². The van der Waals surface area contributed by atoms with Crippen molar-refractivity contribution < 1.29 is 28.5 Å². The third-order valence-corrected chi connectivity index (χ3v) is 6.10. The van der Waals surface area contributed by atoms with E-state index < -0.39 is 5.60 Å². The van der Waals surface area contributed by atoms with E-state index in [0.29, 0.717) is 57.2 Å². The highest BCUT2D eigenvalue weighted by Crippen LogP contribution is 2.44. The summed E-state index contributed by atoms with van der Waals surface area (Å²) in [6.07, 6.45) is 0.742. The minimum atomic E-state index is -0.561. The van der Waals surface area contributed by atoms with Gasteiger partial charge in [-0.1, -0.05) is 23.2 Å². The number of likely N-dealkylation sites (tertiary alicyclic amines) is 1. The second-order valence-corrected chi connectivity index (χ2v) is 9.67. The summed E-state index contributed by atoms with van der Waals surface area (Å²) in [6.45, 7) is 7.63. The average Bonchev–Trinajstić information content (AvgIpc) is 2.99. The summed E-state index contributed by atoms with van der Waals surface area (Å²) in [4.78, 5) is 27.0. The molecule has 1 fully saturated rings. The molecule has 3 rings (SSSR count).